The van der Waals surface area contributed by atoms with Crippen molar-refractivity contribution in [3.8, 4) is 11.5 Å². The molecule has 0 atom stereocenters. The molecule has 1 aliphatic heterocycles. The van der Waals surface area contributed by atoms with Crippen molar-refractivity contribution in [1.29, 1.82) is 0 Å². The van der Waals surface area contributed by atoms with E-state index in [1.807, 2.05) is 13.0 Å². The maximum atomic E-state index is 12.0. The molecule has 1 aliphatic rings. The summed E-state index contributed by atoms with van der Waals surface area (Å²) in [5.74, 6) is 1.22. The quantitative estimate of drug-likeness (QED) is 0.196. The number of amides is 1. The second-order valence-corrected chi connectivity index (χ2v) is 8.94. The molecule has 0 aromatic heterocycles. The number of carbonyl (C=O) groups is 1. The smallest absolute Gasteiger partial charge is 0.270 e. The summed E-state index contributed by atoms with van der Waals surface area (Å²) >= 11 is 6.10. The minimum atomic E-state index is -0.493. The van der Waals surface area contributed by atoms with Crippen LogP contribution in [0.15, 0.2) is 41.3 Å². The van der Waals surface area contributed by atoms with Gasteiger partial charge in [0.2, 0.25) is 0 Å². The fourth-order valence-corrected chi connectivity index (χ4v) is 4.04. The largest absolute Gasteiger partial charge is 0.490 e. The van der Waals surface area contributed by atoms with Gasteiger partial charge >= 0.3 is 0 Å². The molecule has 0 radical (unpaired) electrons. The highest BCUT2D eigenvalue weighted by molar-refractivity contribution is 8.26. The number of ether oxygens (including phenoxy) is 2. The number of nitrogens with zero attached hydrogens (tertiary/aromatic N) is 1. The summed E-state index contributed by atoms with van der Waals surface area (Å²) in [6.07, 6.45) is 1.54. The first-order valence-electron chi connectivity index (χ1n) is 9.64. The molecule has 0 bridgehead atoms. The van der Waals surface area contributed by atoms with Gasteiger partial charge in [0.05, 0.1) is 9.83 Å². The third-order valence-electron chi connectivity index (χ3n) is 4.52. The van der Waals surface area contributed by atoms with E-state index >= 15 is 0 Å². The number of non-ortho nitro benzene ring substituents is 1. The molecule has 0 saturated carbocycles. The van der Waals surface area contributed by atoms with E-state index < -0.39 is 4.92 Å². The number of carbonyl (C=O) groups excluding carboxylic acids is 1. The average Bonchev–Trinajstić information content (AvgIpc) is 3.02. The Kier molecular flexibility index (Phi) is 7.29. The Morgan fingerprint density at radius 3 is 2.48 bits per heavy atom. The van der Waals surface area contributed by atoms with Crippen molar-refractivity contribution in [2.45, 2.75) is 26.7 Å². The molecule has 1 heterocycles. The molecule has 7 nitrogen and oxygen atoms in total. The van der Waals surface area contributed by atoms with Gasteiger partial charge in [0.25, 0.3) is 11.6 Å². The molecule has 1 saturated heterocycles. The lowest BCUT2D eigenvalue weighted by Crippen LogP contribution is -2.17. The molecule has 9 heteroatoms. The van der Waals surface area contributed by atoms with Crippen molar-refractivity contribution in [3.05, 3.63) is 68.1 Å². The predicted octanol–water partition coefficient (Wildman–Crippen LogP) is 4.97. The van der Waals surface area contributed by atoms with E-state index in [2.05, 4.69) is 31.3 Å². The number of aryl methyl sites for hydroxylation is 1. The van der Waals surface area contributed by atoms with Gasteiger partial charge in [-0.25, -0.2) is 0 Å². The summed E-state index contributed by atoms with van der Waals surface area (Å²) in [4.78, 5) is 23.0. The number of nitrogens with one attached hydrogen (secondary N) is 1. The second-order valence-electron chi connectivity index (χ2n) is 7.22. The van der Waals surface area contributed by atoms with E-state index in [4.69, 9.17) is 21.7 Å². The molecule has 162 valence electrons. The van der Waals surface area contributed by atoms with Crippen molar-refractivity contribution >= 4 is 46.0 Å². The molecular weight excluding hydrogens is 436 g/mol. The van der Waals surface area contributed by atoms with Gasteiger partial charge in [-0.2, -0.15) is 0 Å². The summed E-state index contributed by atoms with van der Waals surface area (Å²) in [5.41, 5.74) is 2.55. The van der Waals surface area contributed by atoms with Gasteiger partial charge in [0.15, 0.2) is 0 Å². The van der Waals surface area contributed by atoms with Gasteiger partial charge in [0.1, 0.15) is 29.0 Å². The third kappa shape index (κ3) is 5.83. The summed E-state index contributed by atoms with van der Waals surface area (Å²) in [6, 6.07) is 10.4. The van der Waals surface area contributed by atoms with Crippen molar-refractivity contribution in [2.24, 2.45) is 0 Å². The molecule has 0 aliphatic carbocycles. The van der Waals surface area contributed by atoms with Gasteiger partial charge in [-0.05, 0) is 42.2 Å². The van der Waals surface area contributed by atoms with Crippen LogP contribution in [0.4, 0.5) is 5.69 Å². The zero-order valence-corrected chi connectivity index (χ0v) is 19.0. The lowest BCUT2D eigenvalue weighted by molar-refractivity contribution is -0.384. The van der Waals surface area contributed by atoms with E-state index in [1.54, 1.807) is 6.08 Å². The number of thioether (sulfide) groups is 1. The van der Waals surface area contributed by atoms with Crippen LogP contribution in [-0.2, 0) is 4.79 Å². The Bertz CT molecular complexity index is 1070. The predicted molar refractivity (Wildman–Crippen MR) is 126 cm³/mol. The maximum absolute atomic E-state index is 12.0. The molecule has 0 spiro atoms. The fraction of sp³-hybridized carbons (Fsp3) is 0.273. The SMILES string of the molecule is Cc1ccc(C(C)C)c(OCCOc2ccc([N+](=O)[O-])cc2/C=C2\SC(=S)NC2=O)c1. The zero-order chi connectivity index (χ0) is 22.5. The molecule has 3 rings (SSSR count). The lowest BCUT2D eigenvalue weighted by Gasteiger charge is -2.15. The number of hydrogen-bond donors (Lipinski definition) is 1. The first-order valence-corrected chi connectivity index (χ1v) is 10.9. The Labute approximate surface area is 190 Å². The molecule has 2 aromatic rings. The third-order valence-corrected chi connectivity index (χ3v) is 5.69. The standard InChI is InChI=1S/C22H22N2O5S2/c1-13(2)17-6-4-14(3)10-19(17)29-9-8-28-18-7-5-16(24(26)27)11-15(18)12-20-21(25)23-22(30)31-20/h4-7,10-13H,8-9H2,1-3H3,(H,23,25,30)/b20-12-. The van der Waals surface area contributed by atoms with Crippen LogP contribution in [0.2, 0.25) is 0 Å². The summed E-state index contributed by atoms with van der Waals surface area (Å²) in [5, 5.41) is 13.7. The zero-order valence-electron chi connectivity index (χ0n) is 17.3. The van der Waals surface area contributed by atoms with Crippen molar-refractivity contribution < 1.29 is 19.2 Å². The Balaban J connectivity index is 1.74. The van der Waals surface area contributed by atoms with E-state index in [1.165, 1.54) is 18.2 Å². The first-order chi connectivity index (χ1) is 14.7. The van der Waals surface area contributed by atoms with Crippen LogP contribution < -0.4 is 14.8 Å². The number of hydrogen-bond acceptors (Lipinski definition) is 7. The number of nitro benzene ring substituents is 1. The molecule has 1 amide bonds. The average molecular weight is 459 g/mol. The summed E-state index contributed by atoms with van der Waals surface area (Å²) < 4.78 is 12.1. The number of rotatable bonds is 8. The Morgan fingerprint density at radius 2 is 1.87 bits per heavy atom. The van der Waals surface area contributed by atoms with Crippen LogP contribution in [0.25, 0.3) is 6.08 Å². The van der Waals surface area contributed by atoms with Crippen LogP contribution in [0, 0.1) is 17.0 Å². The first kappa shape index (κ1) is 22.8. The number of thiocarbonyl (C=S) groups is 1. The van der Waals surface area contributed by atoms with E-state index in [0.717, 1.165) is 28.6 Å². The molecule has 31 heavy (non-hydrogen) atoms. The summed E-state index contributed by atoms with van der Waals surface area (Å²) in [7, 11) is 0. The van der Waals surface area contributed by atoms with Crippen LogP contribution >= 0.6 is 24.0 Å². The van der Waals surface area contributed by atoms with Crippen molar-refractivity contribution in [2.75, 3.05) is 13.2 Å². The summed E-state index contributed by atoms with van der Waals surface area (Å²) in [6.45, 7) is 6.75. The van der Waals surface area contributed by atoms with Crippen LogP contribution in [0.5, 0.6) is 11.5 Å². The van der Waals surface area contributed by atoms with Gasteiger partial charge in [-0.3, -0.25) is 14.9 Å². The molecule has 2 aromatic carbocycles. The highest BCUT2D eigenvalue weighted by Gasteiger charge is 2.23. The van der Waals surface area contributed by atoms with Crippen LogP contribution in [0.3, 0.4) is 0 Å². The number of benzene rings is 2. The van der Waals surface area contributed by atoms with Crippen LogP contribution in [0.1, 0.15) is 36.5 Å². The molecular formula is C22H22N2O5S2. The highest BCUT2D eigenvalue weighted by Crippen LogP contribution is 2.32. The second kappa shape index (κ2) is 9.93. The van der Waals surface area contributed by atoms with Gasteiger partial charge < -0.3 is 14.8 Å². The van der Waals surface area contributed by atoms with Gasteiger partial charge in [-0.1, -0.05) is 50.0 Å². The van der Waals surface area contributed by atoms with Crippen LogP contribution in [-0.4, -0.2) is 28.4 Å². The topological polar surface area (TPSA) is 90.7 Å². The maximum Gasteiger partial charge on any atom is 0.270 e. The van der Waals surface area contributed by atoms with Gasteiger partial charge in [0, 0.05) is 17.7 Å². The van der Waals surface area contributed by atoms with Crippen molar-refractivity contribution in [1.82, 2.24) is 5.32 Å². The molecule has 0 unspecified atom stereocenters. The van der Waals surface area contributed by atoms with E-state index in [-0.39, 0.29) is 18.2 Å². The minimum Gasteiger partial charge on any atom is -0.490 e. The highest BCUT2D eigenvalue weighted by atomic mass is 32.2. The molecule has 1 fully saturated rings. The van der Waals surface area contributed by atoms with E-state index in [0.29, 0.717) is 33.1 Å². The fourth-order valence-electron chi connectivity index (χ4n) is 3.00. The number of nitro groups is 1. The minimum absolute atomic E-state index is 0.0947. The molecule has 1 N–H and O–H groups in total. The monoisotopic (exact) mass is 458 g/mol. The normalized spacial score (nSPS) is 14.8. The van der Waals surface area contributed by atoms with Crippen molar-refractivity contribution in [3.63, 3.8) is 0 Å². The lowest BCUT2D eigenvalue weighted by atomic mass is 10.0. The Morgan fingerprint density at radius 1 is 1.16 bits per heavy atom. The van der Waals surface area contributed by atoms with E-state index in [9.17, 15) is 14.9 Å². The Hall–Kier alpha value is -2.91. The van der Waals surface area contributed by atoms with Gasteiger partial charge in [-0.15, -0.1) is 0 Å².